The Bertz CT molecular complexity index is 256. The Balaban J connectivity index is 2.23. The van der Waals surface area contributed by atoms with Crippen molar-refractivity contribution < 1.29 is 4.99 Å². The molecule has 1 aliphatic heterocycles. The normalized spacial score (nSPS) is 22.4. The van der Waals surface area contributed by atoms with Crippen molar-refractivity contribution in [2.24, 2.45) is 0 Å². The minimum atomic E-state index is 0.0237. The van der Waals surface area contributed by atoms with Crippen molar-refractivity contribution in [3.63, 3.8) is 0 Å². The SMILES string of the molecule is C1=[NH+]CCP1c1ccccc1. The first-order valence-corrected chi connectivity index (χ1v) is 5.45. The second-order valence-electron chi connectivity index (χ2n) is 2.61. The predicted octanol–water partition coefficient (Wildman–Crippen LogP) is -0.0837. The summed E-state index contributed by atoms with van der Waals surface area (Å²) in [6.07, 6.45) is 1.30. The van der Waals surface area contributed by atoms with Crippen molar-refractivity contribution in [2.45, 2.75) is 0 Å². The molecule has 0 bridgehead atoms. The van der Waals surface area contributed by atoms with Crippen LogP contribution in [0.4, 0.5) is 0 Å². The maximum Gasteiger partial charge on any atom is 0.163 e. The van der Waals surface area contributed by atoms with Crippen LogP contribution in [0.2, 0.25) is 0 Å². The predicted molar refractivity (Wildman–Crippen MR) is 49.8 cm³/mol. The van der Waals surface area contributed by atoms with Gasteiger partial charge in [0.25, 0.3) is 0 Å². The Morgan fingerprint density at radius 2 is 2.00 bits per heavy atom. The van der Waals surface area contributed by atoms with Crippen LogP contribution in [0.25, 0.3) is 0 Å². The van der Waals surface area contributed by atoms with E-state index in [1.54, 1.807) is 0 Å². The molecule has 11 heavy (non-hydrogen) atoms. The molecule has 1 aromatic rings. The van der Waals surface area contributed by atoms with Gasteiger partial charge in [-0.1, -0.05) is 30.3 Å². The van der Waals surface area contributed by atoms with Gasteiger partial charge in [-0.2, -0.15) is 0 Å². The molecule has 1 aliphatic rings. The molecule has 1 N–H and O–H groups in total. The first kappa shape index (κ1) is 7.00. The van der Waals surface area contributed by atoms with Gasteiger partial charge in [0.15, 0.2) is 5.96 Å². The summed E-state index contributed by atoms with van der Waals surface area (Å²) >= 11 is 0. The Morgan fingerprint density at radius 1 is 1.18 bits per heavy atom. The molecule has 0 aliphatic carbocycles. The van der Waals surface area contributed by atoms with Crippen LogP contribution in [0.1, 0.15) is 0 Å². The first-order chi connectivity index (χ1) is 5.47. The van der Waals surface area contributed by atoms with Gasteiger partial charge in [-0.25, -0.2) is 4.99 Å². The Hall–Kier alpha value is -0.680. The van der Waals surface area contributed by atoms with E-state index in [1.165, 1.54) is 11.5 Å². The third-order valence-corrected chi connectivity index (χ3v) is 3.99. The maximum atomic E-state index is 3.27. The summed E-state index contributed by atoms with van der Waals surface area (Å²) in [6, 6.07) is 10.7. The molecule has 56 valence electrons. The first-order valence-electron chi connectivity index (χ1n) is 3.85. The Morgan fingerprint density at radius 3 is 2.64 bits per heavy atom. The highest BCUT2D eigenvalue weighted by molar-refractivity contribution is 7.79. The quantitative estimate of drug-likeness (QED) is 0.558. The van der Waals surface area contributed by atoms with E-state index >= 15 is 0 Å². The van der Waals surface area contributed by atoms with Crippen LogP contribution in [-0.4, -0.2) is 18.7 Å². The van der Waals surface area contributed by atoms with E-state index < -0.39 is 0 Å². The van der Waals surface area contributed by atoms with E-state index in [0.717, 1.165) is 6.54 Å². The van der Waals surface area contributed by atoms with Crippen molar-refractivity contribution in [3.05, 3.63) is 30.3 Å². The zero-order valence-electron chi connectivity index (χ0n) is 6.33. The fourth-order valence-corrected chi connectivity index (χ4v) is 3.06. The summed E-state index contributed by atoms with van der Waals surface area (Å²) < 4.78 is 0. The van der Waals surface area contributed by atoms with Gasteiger partial charge in [0.05, 0.1) is 0 Å². The molecular formula is C9H11NP+. The summed E-state index contributed by atoms with van der Waals surface area (Å²) in [5.41, 5.74) is 0. The van der Waals surface area contributed by atoms with Crippen LogP contribution in [0.15, 0.2) is 30.3 Å². The topological polar surface area (TPSA) is 14.0 Å². The van der Waals surface area contributed by atoms with Crippen molar-refractivity contribution >= 4 is 19.2 Å². The molecule has 1 atom stereocenters. The van der Waals surface area contributed by atoms with Gasteiger partial charge in [-0.15, -0.1) is 0 Å². The lowest BCUT2D eigenvalue weighted by atomic mass is 10.4. The van der Waals surface area contributed by atoms with Crippen LogP contribution in [0.5, 0.6) is 0 Å². The van der Waals surface area contributed by atoms with Crippen molar-refractivity contribution in [3.8, 4) is 0 Å². The molecule has 0 amide bonds. The average molecular weight is 164 g/mol. The van der Waals surface area contributed by atoms with Crippen molar-refractivity contribution in [1.29, 1.82) is 0 Å². The van der Waals surface area contributed by atoms with Crippen LogP contribution in [0.3, 0.4) is 0 Å². The molecule has 1 nitrogen and oxygen atoms in total. The Kier molecular flexibility index (Phi) is 2.00. The van der Waals surface area contributed by atoms with Gasteiger partial charge < -0.3 is 0 Å². The summed E-state index contributed by atoms with van der Waals surface area (Å²) in [5, 5.41) is 1.49. The Labute approximate surface area is 67.9 Å². The molecule has 0 saturated carbocycles. The summed E-state index contributed by atoms with van der Waals surface area (Å²) in [7, 11) is 0.0237. The van der Waals surface area contributed by atoms with Crippen LogP contribution < -0.4 is 10.3 Å². The zero-order valence-corrected chi connectivity index (χ0v) is 7.22. The van der Waals surface area contributed by atoms with Crippen molar-refractivity contribution in [1.82, 2.24) is 0 Å². The monoisotopic (exact) mass is 164 g/mol. The zero-order chi connectivity index (χ0) is 7.52. The summed E-state index contributed by atoms with van der Waals surface area (Å²) in [4.78, 5) is 3.27. The largest absolute Gasteiger partial charge is 0.247 e. The minimum Gasteiger partial charge on any atom is -0.247 e. The number of benzene rings is 1. The smallest absolute Gasteiger partial charge is 0.163 e. The van der Waals surface area contributed by atoms with Gasteiger partial charge in [-0.3, -0.25) is 0 Å². The fourth-order valence-electron chi connectivity index (χ4n) is 1.25. The molecule has 1 heterocycles. The van der Waals surface area contributed by atoms with Gasteiger partial charge in [-0.05, 0) is 5.30 Å². The standard InChI is InChI=1S/C9H10NP/c1-2-4-9(5-3-1)11-7-6-10-8-11/h1-5,8H,6-7H2/p+1. The number of hydrogen-bond acceptors (Lipinski definition) is 0. The second kappa shape index (κ2) is 3.15. The fraction of sp³-hybridized carbons (Fsp3) is 0.222. The number of hydrogen-bond donors (Lipinski definition) is 1. The van der Waals surface area contributed by atoms with Crippen LogP contribution >= 0.6 is 7.92 Å². The van der Waals surface area contributed by atoms with E-state index in [0.29, 0.717) is 0 Å². The maximum absolute atomic E-state index is 3.27. The van der Waals surface area contributed by atoms with Gasteiger partial charge >= 0.3 is 0 Å². The third kappa shape index (κ3) is 1.49. The third-order valence-electron chi connectivity index (χ3n) is 1.83. The van der Waals surface area contributed by atoms with Crippen molar-refractivity contribution in [2.75, 3.05) is 12.7 Å². The summed E-state index contributed by atoms with van der Waals surface area (Å²) in [5.74, 6) is 2.25. The molecule has 1 aromatic carbocycles. The van der Waals surface area contributed by atoms with E-state index in [4.69, 9.17) is 0 Å². The highest BCUT2D eigenvalue weighted by atomic mass is 31.1. The molecule has 0 fully saturated rings. The van der Waals surface area contributed by atoms with Gasteiger partial charge in [0, 0.05) is 14.1 Å². The van der Waals surface area contributed by atoms with Gasteiger partial charge in [0.2, 0.25) is 0 Å². The molecule has 2 heteroatoms. The number of rotatable bonds is 1. The van der Waals surface area contributed by atoms with Gasteiger partial charge in [0.1, 0.15) is 6.54 Å². The number of nitrogens with one attached hydrogen (secondary N) is 1. The van der Waals surface area contributed by atoms with E-state index in [-0.39, 0.29) is 7.92 Å². The van der Waals surface area contributed by atoms with Crippen LogP contribution in [-0.2, 0) is 0 Å². The molecule has 0 saturated heterocycles. The minimum absolute atomic E-state index is 0.0237. The lowest BCUT2D eigenvalue weighted by molar-refractivity contribution is -0.439. The molecule has 0 spiro atoms. The lowest BCUT2D eigenvalue weighted by Gasteiger charge is -2.01. The summed E-state index contributed by atoms with van der Waals surface area (Å²) in [6.45, 7) is 1.15. The van der Waals surface area contributed by atoms with Crippen LogP contribution in [0, 0.1) is 0 Å². The second-order valence-corrected chi connectivity index (χ2v) is 4.77. The molecular weight excluding hydrogens is 153 g/mol. The average Bonchev–Trinajstić information content (AvgIpc) is 2.58. The molecule has 2 rings (SSSR count). The highest BCUT2D eigenvalue weighted by Crippen LogP contribution is 2.29. The van der Waals surface area contributed by atoms with E-state index in [9.17, 15) is 0 Å². The molecule has 0 aromatic heterocycles. The van der Waals surface area contributed by atoms with E-state index in [2.05, 4.69) is 41.3 Å². The molecule has 1 unspecified atom stereocenters. The molecule has 0 radical (unpaired) electrons. The highest BCUT2D eigenvalue weighted by Gasteiger charge is 2.15. The van der Waals surface area contributed by atoms with E-state index in [1.807, 2.05) is 0 Å². The lowest BCUT2D eigenvalue weighted by Crippen LogP contribution is -2.65.